The fraction of sp³-hybridized carbons (Fsp3) is 0.308. The number of hydrogen-bond acceptors (Lipinski definition) is 4. The van der Waals surface area contributed by atoms with Crippen molar-refractivity contribution < 1.29 is 18.0 Å². The molecule has 4 aromatic carbocycles. The number of esters is 1. The molecule has 5 heteroatoms. The van der Waals surface area contributed by atoms with Crippen molar-refractivity contribution in [3.63, 3.8) is 0 Å². The molecule has 1 heterocycles. The van der Waals surface area contributed by atoms with E-state index in [9.17, 15) is 4.79 Å². The zero-order valence-corrected chi connectivity index (χ0v) is 29.2. The van der Waals surface area contributed by atoms with Crippen LogP contribution in [0.25, 0.3) is 11.1 Å². The van der Waals surface area contributed by atoms with E-state index >= 15 is 0 Å². The van der Waals surface area contributed by atoms with E-state index < -0.39 is 23.8 Å². The predicted molar refractivity (Wildman–Crippen MR) is 180 cm³/mol. The number of fused-ring (bicyclic) bond motifs is 5. The SMILES string of the molecule is CCOC(=O)C1C=C(OCC)[O][Ge]([c]2c(C)cc(C)cc2C)([c]2c(C)cc(C)cc2C)[C]12c1ccccc1-c1ccccc12. The van der Waals surface area contributed by atoms with Gasteiger partial charge in [0.2, 0.25) is 0 Å². The van der Waals surface area contributed by atoms with Crippen LogP contribution in [0.15, 0.2) is 84.8 Å². The van der Waals surface area contributed by atoms with Crippen molar-refractivity contribution in [3.8, 4) is 11.1 Å². The molecule has 2 aliphatic rings. The van der Waals surface area contributed by atoms with E-state index in [4.69, 9.17) is 13.2 Å². The topological polar surface area (TPSA) is 44.8 Å². The van der Waals surface area contributed by atoms with Gasteiger partial charge < -0.3 is 0 Å². The third-order valence-corrected chi connectivity index (χ3v) is 20.9. The van der Waals surface area contributed by atoms with Gasteiger partial charge in [-0.3, -0.25) is 0 Å². The average molecular weight is 647 g/mol. The molecule has 0 saturated carbocycles. The molecule has 0 aromatic heterocycles. The van der Waals surface area contributed by atoms with Crippen LogP contribution < -0.4 is 8.79 Å². The van der Waals surface area contributed by atoms with Gasteiger partial charge in [-0.05, 0) is 0 Å². The van der Waals surface area contributed by atoms with Gasteiger partial charge in [0.05, 0.1) is 0 Å². The normalized spacial score (nSPS) is 17.4. The number of rotatable bonds is 6. The Labute approximate surface area is 264 Å². The number of aryl methyl sites for hydroxylation is 6. The third-order valence-electron chi connectivity index (χ3n) is 9.46. The predicted octanol–water partition coefficient (Wildman–Crippen LogP) is 7.19. The number of ether oxygens (including phenoxy) is 2. The molecule has 1 unspecified atom stereocenters. The molecule has 0 saturated heterocycles. The summed E-state index contributed by atoms with van der Waals surface area (Å²) in [6.07, 6.45) is 1.92. The van der Waals surface area contributed by atoms with Crippen molar-refractivity contribution in [2.75, 3.05) is 13.2 Å². The van der Waals surface area contributed by atoms with Crippen LogP contribution in [0.4, 0.5) is 0 Å². The molecule has 1 aliphatic carbocycles. The minimum absolute atomic E-state index is 0.251. The maximum atomic E-state index is 14.6. The molecule has 1 aliphatic heterocycles. The van der Waals surface area contributed by atoms with Crippen molar-refractivity contribution in [3.05, 3.63) is 129 Å². The number of hydrogen-bond donors (Lipinski definition) is 0. The van der Waals surface area contributed by atoms with Crippen molar-refractivity contribution in [2.45, 2.75) is 59.6 Å². The van der Waals surface area contributed by atoms with Gasteiger partial charge in [0.25, 0.3) is 0 Å². The average Bonchev–Trinajstić information content (AvgIpc) is 3.25. The summed E-state index contributed by atoms with van der Waals surface area (Å²) in [6, 6.07) is 26.3. The van der Waals surface area contributed by atoms with Crippen LogP contribution in [0.2, 0.25) is 0 Å². The zero-order valence-electron chi connectivity index (χ0n) is 27.1. The monoisotopic (exact) mass is 648 g/mol. The fourth-order valence-electron chi connectivity index (χ4n) is 8.52. The molecule has 226 valence electrons. The van der Waals surface area contributed by atoms with Crippen molar-refractivity contribution in [1.29, 1.82) is 0 Å². The van der Waals surface area contributed by atoms with E-state index in [1.54, 1.807) is 0 Å². The second-order valence-electron chi connectivity index (χ2n) is 12.4. The number of benzene rings is 4. The van der Waals surface area contributed by atoms with Crippen molar-refractivity contribution >= 4 is 28.4 Å². The van der Waals surface area contributed by atoms with E-state index in [0.29, 0.717) is 19.2 Å². The van der Waals surface area contributed by atoms with Crippen LogP contribution >= 0.6 is 0 Å². The first-order chi connectivity index (χ1) is 21.1. The molecule has 4 nitrogen and oxygen atoms in total. The van der Waals surface area contributed by atoms with Crippen LogP contribution in [0.1, 0.15) is 58.4 Å². The molecule has 44 heavy (non-hydrogen) atoms. The number of carbonyl (C=O) groups is 1. The molecule has 1 atom stereocenters. The summed E-state index contributed by atoms with van der Waals surface area (Å²) in [5, 5.41) is 0. The van der Waals surface area contributed by atoms with Gasteiger partial charge in [-0.1, -0.05) is 0 Å². The molecule has 4 aromatic rings. The summed E-state index contributed by atoms with van der Waals surface area (Å²) in [7, 11) is 0. The Morgan fingerprint density at radius 2 is 1.18 bits per heavy atom. The first-order valence-electron chi connectivity index (χ1n) is 15.7. The van der Waals surface area contributed by atoms with E-state index in [0.717, 1.165) is 22.3 Å². The summed E-state index contributed by atoms with van der Waals surface area (Å²) in [4.78, 5) is 14.6. The molecule has 0 fully saturated rings. The molecular weight excluding hydrogens is 605 g/mol. The molecule has 0 N–H and O–H groups in total. The van der Waals surface area contributed by atoms with E-state index in [1.807, 2.05) is 19.9 Å². The second kappa shape index (κ2) is 11.3. The van der Waals surface area contributed by atoms with Gasteiger partial charge in [0, 0.05) is 0 Å². The number of carbonyl (C=O) groups excluding carboxylic acids is 1. The molecule has 6 rings (SSSR count). The van der Waals surface area contributed by atoms with Crippen LogP contribution in [0, 0.1) is 47.5 Å². The van der Waals surface area contributed by atoms with E-state index in [1.165, 1.54) is 42.2 Å². The second-order valence-corrected chi connectivity index (χ2v) is 19.4. The molecule has 1 spiro atoms. The van der Waals surface area contributed by atoms with Crippen LogP contribution in [-0.4, -0.2) is 32.8 Å². The van der Waals surface area contributed by atoms with Gasteiger partial charge in [0.1, 0.15) is 0 Å². The maximum absolute atomic E-state index is 14.6. The summed E-state index contributed by atoms with van der Waals surface area (Å²) in [5.74, 6) is -0.487. The Bertz CT molecular complexity index is 1670. The Morgan fingerprint density at radius 1 is 0.727 bits per heavy atom. The van der Waals surface area contributed by atoms with Crippen molar-refractivity contribution in [2.24, 2.45) is 5.92 Å². The van der Waals surface area contributed by atoms with Gasteiger partial charge in [-0.2, -0.15) is 0 Å². The first-order valence-corrected chi connectivity index (χ1v) is 19.7. The Hall–Kier alpha value is -3.77. The van der Waals surface area contributed by atoms with Gasteiger partial charge in [-0.15, -0.1) is 0 Å². The standard InChI is InChI=1S/C39H42GeO4/c1-9-42-35-23-34(38(41)43-10-2)39(32-17-13-11-15-30(32)31-16-12-14-18-33(31)39)40(44-35,36-26(5)19-24(3)20-27(36)6)37-28(7)21-25(4)22-29(37)8/h11-23,34H,9-10H2,1-8H3. The van der Waals surface area contributed by atoms with E-state index in [2.05, 4.69) is 114 Å². The van der Waals surface area contributed by atoms with Crippen LogP contribution in [-0.2, 0) is 22.3 Å². The summed E-state index contributed by atoms with van der Waals surface area (Å²) in [5.41, 5.74) is 11.7. The minimum atomic E-state index is -4.48. The van der Waals surface area contributed by atoms with E-state index in [-0.39, 0.29) is 5.97 Å². The Balaban J connectivity index is 1.94. The van der Waals surface area contributed by atoms with Crippen molar-refractivity contribution in [1.82, 2.24) is 0 Å². The molecule has 0 bridgehead atoms. The van der Waals surface area contributed by atoms with Gasteiger partial charge in [0.15, 0.2) is 0 Å². The van der Waals surface area contributed by atoms with Crippen LogP contribution in [0.3, 0.4) is 0 Å². The fourth-order valence-corrected chi connectivity index (χ4v) is 21.5. The molecular formula is C39H42GeO4. The Kier molecular flexibility index (Phi) is 7.77. The summed E-state index contributed by atoms with van der Waals surface area (Å²) < 4.78 is 21.6. The van der Waals surface area contributed by atoms with Gasteiger partial charge in [-0.25, -0.2) is 0 Å². The quantitative estimate of drug-likeness (QED) is 0.164. The summed E-state index contributed by atoms with van der Waals surface area (Å²) >= 11 is -4.48. The molecule has 0 amide bonds. The van der Waals surface area contributed by atoms with Gasteiger partial charge >= 0.3 is 266 Å². The zero-order chi connectivity index (χ0) is 31.4. The first kappa shape index (κ1) is 30.3. The summed E-state index contributed by atoms with van der Waals surface area (Å²) in [6.45, 7) is 17.7. The van der Waals surface area contributed by atoms with Crippen LogP contribution in [0.5, 0.6) is 0 Å². The Morgan fingerprint density at radius 3 is 1.61 bits per heavy atom. The third kappa shape index (κ3) is 4.21. The molecule has 0 radical (unpaired) electrons.